The highest BCUT2D eigenvalue weighted by Gasteiger charge is 2.37. The van der Waals surface area contributed by atoms with Crippen LogP contribution in [0.25, 0.3) is 0 Å². The van der Waals surface area contributed by atoms with Gasteiger partial charge in [0.05, 0.1) is 5.41 Å². The summed E-state index contributed by atoms with van der Waals surface area (Å²) in [6.07, 6.45) is 4.40. The Morgan fingerprint density at radius 1 is 1.17 bits per heavy atom. The lowest BCUT2D eigenvalue weighted by molar-refractivity contribution is -0.153. The maximum Gasteiger partial charge on any atom is 0.310 e. The highest BCUT2D eigenvalue weighted by molar-refractivity contribution is 5.84. The van der Waals surface area contributed by atoms with E-state index in [4.69, 9.17) is 0 Å². The first-order valence-corrected chi connectivity index (χ1v) is 6.82. The van der Waals surface area contributed by atoms with Crippen molar-refractivity contribution in [3.8, 4) is 0 Å². The summed E-state index contributed by atoms with van der Waals surface area (Å²) < 4.78 is 0. The SMILES string of the molecule is CCC(CC)(CC(=O)NN1CCCCC1)C(=O)O. The lowest BCUT2D eigenvalue weighted by atomic mass is 9.79. The second-order valence-corrected chi connectivity index (χ2v) is 5.05. The third-order valence-electron chi connectivity index (χ3n) is 3.95. The van der Waals surface area contributed by atoms with E-state index in [0.717, 1.165) is 25.9 Å². The maximum atomic E-state index is 11.9. The Kier molecular flexibility index (Phi) is 5.59. The molecule has 18 heavy (non-hydrogen) atoms. The van der Waals surface area contributed by atoms with E-state index in [-0.39, 0.29) is 12.3 Å². The fourth-order valence-corrected chi connectivity index (χ4v) is 2.41. The fraction of sp³-hybridized carbons (Fsp3) is 0.846. The number of hydrogen-bond acceptors (Lipinski definition) is 3. The van der Waals surface area contributed by atoms with E-state index >= 15 is 0 Å². The lowest BCUT2D eigenvalue weighted by Gasteiger charge is -2.30. The zero-order valence-electron chi connectivity index (χ0n) is 11.4. The van der Waals surface area contributed by atoms with Gasteiger partial charge in [-0.2, -0.15) is 0 Å². The number of hydrogen-bond donors (Lipinski definition) is 2. The number of carboxylic acid groups (broad SMARTS) is 1. The van der Waals surface area contributed by atoms with E-state index in [1.807, 2.05) is 18.9 Å². The van der Waals surface area contributed by atoms with Crippen LogP contribution in [0.4, 0.5) is 0 Å². The number of aliphatic carboxylic acids is 1. The van der Waals surface area contributed by atoms with Crippen LogP contribution < -0.4 is 5.43 Å². The van der Waals surface area contributed by atoms with Crippen molar-refractivity contribution in [2.45, 2.75) is 52.4 Å². The molecule has 0 aromatic carbocycles. The van der Waals surface area contributed by atoms with Gasteiger partial charge < -0.3 is 5.11 Å². The summed E-state index contributed by atoms with van der Waals surface area (Å²) in [6, 6.07) is 0. The fourth-order valence-electron chi connectivity index (χ4n) is 2.41. The van der Waals surface area contributed by atoms with Gasteiger partial charge in [-0.25, -0.2) is 5.01 Å². The van der Waals surface area contributed by atoms with E-state index in [0.29, 0.717) is 12.8 Å². The maximum absolute atomic E-state index is 11.9. The van der Waals surface area contributed by atoms with Crippen LogP contribution in [0, 0.1) is 5.41 Å². The zero-order chi connectivity index (χ0) is 13.6. The first-order chi connectivity index (χ1) is 8.54. The molecule has 0 saturated carbocycles. The van der Waals surface area contributed by atoms with Gasteiger partial charge in [-0.3, -0.25) is 15.0 Å². The van der Waals surface area contributed by atoms with E-state index < -0.39 is 11.4 Å². The molecule has 0 aromatic heterocycles. The summed E-state index contributed by atoms with van der Waals surface area (Å²) in [6.45, 7) is 5.38. The van der Waals surface area contributed by atoms with Crippen molar-refractivity contribution in [1.29, 1.82) is 0 Å². The molecule has 1 heterocycles. The molecule has 1 rings (SSSR count). The second kappa shape index (κ2) is 6.73. The number of carbonyl (C=O) groups excluding carboxylic acids is 1. The third kappa shape index (κ3) is 3.70. The topological polar surface area (TPSA) is 69.6 Å². The van der Waals surface area contributed by atoms with Crippen LogP contribution >= 0.6 is 0 Å². The van der Waals surface area contributed by atoms with E-state index in [2.05, 4.69) is 5.43 Å². The van der Waals surface area contributed by atoms with Crippen LogP contribution in [0.5, 0.6) is 0 Å². The molecule has 0 unspecified atom stereocenters. The summed E-state index contributed by atoms with van der Waals surface area (Å²) in [4.78, 5) is 23.3. The standard InChI is InChI=1S/C13H24N2O3/c1-3-13(4-2,12(17)18)10-11(16)14-15-8-6-5-7-9-15/h3-10H2,1-2H3,(H,14,16)(H,17,18). The van der Waals surface area contributed by atoms with Gasteiger partial charge in [-0.15, -0.1) is 0 Å². The highest BCUT2D eigenvalue weighted by Crippen LogP contribution is 2.30. The van der Waals surface area contributed by atoms with Crippen molar-refractivity contribution in [3.63, 3.8) is 0 Å². The third-order valence-corrected chi connectivity index (χ3v) is 3.95. The van der Waals surface area contributed by atoms with Gasteiger partial charge in [0.2, 0.25) is 5.91 Å². The molecule has 1 fully saturated rings. The van der Waals surface area contributed by atoms with Crippen LogP contribution in [0.1, 0.15) is 52.4 Å². The molecule has 0 aliphatic carbocycles. The molecule has 0 aromatic rings. The Labute approximate surface area is 109 Å². The van der Waals surface area contributed by atoms with Gasteiger partial charge in [0, 0.05) is 19.5 Å². The summed E-state index contributed by atoms with van der Waals surface area (Å²) in [5, 5.41) is 11.2. The largest absolute Gasteiger partial charge is 0.481 e. The van der Waals surface area contributed by atoms with Gasteiger partial charge >= 0.3 is 5.97 Å². The van der Waals surface area contributed by atoms with Gasteiger partial charge in [-0.05, 0) is 25.7 Å². The van der Waals surface area contributed by atoms with Crippen LogP contribution in [0.2, 0.25) is 0 Å². The second-order valence-electron chi connectivity index (χ2n) is 5.05. The normalized spacial score (nSPS) is 17.4. The van der Waals surface area contributed by atoms with Crippen molar-refractivity contribution < 1.29 is 14.7 Å². The molecule has 0 atom stereocenters. The van der Waals surface area contributed by atoms with Gasteiger partial charge in [0.25, 0.3) is 0 Å². The van der Waals surface area contributed by atoms with Crippen molar-refractivity contribution in [2.75, 3.05) is 13.1 Å². The van der Waals surface area contributed by atoms with E-state index in [1.54, 1.807) is 0 Å². The molecule has 1 saturated heterocycles. The minimum atomic E-state index is -0.917. The quantitative estimate of drug-likeness (QED) is 0.760. The smallest absolute Gasteiger partial charge is 0.310 e. The van der Waals surface area contributed by atoms with Crippen molar-refractivity contribution in [1.82, 2.24) is 10.4 Å². The Morgan fingerprint density at radius 3 is 2.17 bits per heavy atom. The first-order valence-electron chi connectivity index (χ1n) is 6.82. The molecule has 0 bridgehead atoms. The van der Waals surface area contributed by atoms with Gasteiger partial charge in [0.15, 0.2) is 0 Å². The number of piperidine rings is 1. The molecule has 104 valence electrons. The molecular formula is C13H24N2O3. The van der Waals surface area contributed by atoms with Crippen LogP contribution in [-0.4, -0.2) is 35.1 Å². The summed E-state index contributed by atoms with van der Waals surface area (Å²) in [7, 11) is 0. The summed E-state index contributed by atoms with van der Waals surface area (Å²) in [5.74, 6) is -1.05. The molecular weight excluding hydrogens is 232 g/mol. The van der Waals surface area contributed by atoms with Crippen molar-refractivity contribution in [3.05, 3.63) is 0 Å². The van der Waals surface area contributed by atoms with E-state index in [9.17, 15) is 14.7 Å². The van der Waals surface area contributed by atoms with Crippen LogP contribution in [0.3, 0.4) is 0 Å². The van der Waals surface area contributed by atoms with Gasteiger partial charge in [-0.1, -0.05) is 20.3 Å². The number of amides is 1. The van der Waals surface area contributed by atoms with Crippen molar-refractivity contribution in [2.24, 2.45) is 5.41 Å². The average molecular weight is 256 g/mol. The number of carbonyl (C=O) groups is 2. The Hall–Kier alpha value is -1.10. The number of carboxylic acids is 1. The lowest BCUT2D eigenvalue weighted by Crippen LogP contribution is -2.47. The number of rotatable bonds is 6. The molecule has 1 amide bonds. The summed E-state index contributed by atoms with van der Waals surface area (Å²) >= 11 is 0. The van der Waals surface area contributed by atoms with Gasteiger partial charge in [0.1, 0.15) is 0 Å². The summed E-state index contributed by atoms with van der Waals surface area (Å²) in [5.41, 5.74) is 1.91. The molecule has 5 heteroatoms. The number of nitrogens with zero attached hydrogens (tertiary/aromatic N) is 1. The van der Waals surface area contributed by atoms with E-state index in [1.165, 1.54) is 6.42 Å². The molecule has 2 N–H and O–H groups in total. The Bertz CT molecular complexity index is 295. The number of hydrazine groups is 1. The molecule has 5 nitrogen and oxygen atoms in total. The van der Waals surface area contributed by atoms with Crippen molar-refractivity contribution >= 4 is 11.9 Å². The van der Waals surface area contributed by atoms with Crippen LogP contribution in [0.15, 0.2) is 0 Å². The Morgan fingerprint density at radius 2 is 1.72 bits per heavy atom. The molecule has 1 aliphatic rings. The minimum absolute atomic E-state index is 0.0613. The molecule has 1 aliphatic heterocycles. The monoisotopic (exact) mass is 256 g/mol. The first kappa shape index (κ1) is 15.0. The Balaban J connectivity index is 2.53. The average Bonchev–Trinajstić information content (AvgIpc) is 2.37. The van der Waals surface area contributed by atoms with Crippen LogP contribution in [-0.2, 0) is 9.59 Å². The molecule has 0 radical (unpaired) electrons. The predicted octanol–water partition coefficient (Wildman–Crippen LogP) is 1.78. The highest BCUT2D eigenvalue weighted by atomic mass is 16.4. The molecule has 0 spiro atoms. The zero-order valence-corrected chi connectivity index (χ0v) is 11.4. The number of nitrogens with one attached hydrogen (secondary N) is 1. The minimum Gasteiger partial charge on any atom is -0.481 e. The predicted molar refractivity (Wildman–Crippen MR) is 68.8 cm³/mol.